The molecular formula is C20H28N3O2S+. The van der Waals surface area contributed by atoms with Gasteiger partial charge in [-0.1, -0.05) is 43.7 Å². The number of carbonyl (C=O) groups excluding carboxylic acids is 2. The van der Waals surface area contributed by atoms with Gasteiger partial charge >= 0.3 is 0 Å². The van der Waals surface area contributed by atoms with E-state index in [-0.39, 0.29) is 30.9 Å². The summed E-state index contributed by atoms with van der Waals surface area (Å²) < 4.78 is 0. The summed E-state index contributed by atoms with van der Waals surface area (Å²) in [5.41, 5.74) is 2.52. The van der Waals surface area contributed by atoms with E-state index in [0.717, 1.165) is 12.8 Å². The van der Waals surface area contributed by atoms with Crippen LogP contribution in [0.4, 0.5) is 0 Å². The van der Waals surface area contributed by atoms with E-state index < -0.39 is 0 Å². The van der Waals surface area contributed by atoms with Gasteiger partial charge in [-0.05, 0) is 30.4 Å². The first-order valence-electron chi connectivity index (χ1n) is 9.13. The van der Waals surface area contributed by atoms with Gasteiger partial charge in [-0.15, -0.1) is 11.3 Å². The summed E-state index contributed by atoms with van der Waals surface area (Å²) in [5, 5.41) is 9.41. The first-order chi connectivity index (χ1) is 12.6. The highest BCUT2D eigenvalue weighted by Crippen LogP contribution is 2.23. The third kappa shape index (κ3) is 6.28. The van der Waals surface area contributed by atoms with E-state index in [9.17, 15) is 9.59 Å². The lowest BCUT2D eigenvalue weighted by Gasteiger charge is -2.15. The SMILES string of the molecule is CCCc1ccc([C@H]([NH2+]CC(=O)NCC(=O)NCC)c2cccs2)cc1. The van der Waals surface area contributed by atoms with Gasteiger partial charge < -0.3 is 16.0 Å². The predicted molar refractivity (Wildman–Crippen MR) is 105 cm³/mol. The number of hydrogen-bond donors (Lipinski definition) is 3. The average molecular weight is 375 g/mol. The van der Waals surface area contributed by atoms with Gasteiger partial charge in [0.25, 0.3) is 5.91 Å². The molecule has 2 rings (SSSR count). The second-order valence-electron chi connectivity index (χ2n) is 6.15. The number of quaternary nitrogens is 1. The van der Waals surface area contributed by atoms with Gasteiger partial charge in [0.15, 0.2) is 6.54 Å². The molecule has 0 aliphatic heterocycles. The first kappa shape index (κ1) is 20.1. The molecule has 0 fully saturated rings. The van der Waals surface area contributed by atoms with Crippen molar-refractivity contribution in [2.24, 2.45) is 0 Å². The minimum atomic E-state index is -0.165. The Hall–Kier alpha value is -2.18. The third-order valence-electron chi connectivity index (χ3n) is 4.09. The highest BCUT2D eigenvalue weighted by atomic mass is 32.1. The van der Waals surface area contributed by atoms with E-state index in [0.29, 0.717) is 6.54 Å². The zero-order valence-electron chi connectivity index (χ0n) is 15.5. The Morgan fingerprint density at radius 1 is 1.08 bits per heavy atom. The zero-order chi connectivity index (χ0) is 18.8. The molecule has 1 heterocycles. The molecule has 26 heavy (non-hydrogen) atoms. The zero-order valence-corrected chi connectivity index (χ0v) is 16.3. The van der Waals surface area contributed by atoms with Gasteiger partial charge in [-0.3, -0.25) is 9.59 Å². The second kappa shape index (κ2) is 10.7. The van der Waals surface area contributed by atoms with Crippen LogP contribution in [-0.2, 0) is 16.0 Å². The smallest absolute Gasteiger partial charge is 0.275 e. The van der Waals surface area contributed by atoms with Crippen LogP contribution in [-0.4, -0.2) is 31.4 Å². The third-order valence-corrected chi connectivity index (χ3v) is 5.04. The highest BCUT2D eigenvalue weighted by Gasteiger charge is 2.20. The lowest BCUT2D eigenvalue weighted by Crippen LogP contribution is -2.87. The lowest BCUT2D eigenvalue weighted by molar-refractivity contribution is -0.676. The fourth-order valence-corrected chi connectivity index (χ4v) is 3.65. The largest absolute Gasteiger partial charge is 0.355 e. The van der Waals surface area contributed by atoms with E-state index in [4.69, 9.17) is 0 Å². The van der Waals surface area contributed by atoms with E-state index >= 15 is 0 Å². The molecule has 1 aromatic carbocycles. The monoisotopic (exact) mass is 374 g/mol. The molecule has 0 bridgehead atoms. The molecule has 140 valence electrons. The molecule has 1 aromatic heterocycles. The number of nitrogens with two attached hydrogens (primary N) is 1. The normalized spacial score (nSPS) is 11.8. The van der Waals surface area contributed by atoms with Crippen molar-refractivity contribution >= 4 is 23.2 Å². The molecule has 5 nitrogen and oxygen atoms in total. The summed E-state index contributed by atoms with van der Waals surface area (Å²) in [5.74, 6) is -0.303. The Balaban J connectivity index is 1.98. The quantitative estimate of drug-likeness (QED) is 0.591. The molecule has 0 radical (unpaired) electrons. The molecule has 0 saturated carbocycles. The van der Waals surface area contributed by atoms with Crippen LogP contribution in [0, 0.1) is 0 Å². The molecule has 2 amide bonds. The van der Waals surface area contributed by atoms with Gasteiger partial charge in [0.05, 0.1) is 11.4 Å². The maximum Gasteiger partial charge on any atom is 0.275 e. The number of benzene rings is 1. The number of aryl methyl sites for hydroxylation is 1. The van der Waals surface area contributed by atoms with E-state index in [1.54, 1.807) is 11.3 Å². The molecule has 6 heteroatoms. The molecule has 0 saturated heterocycles. The molecule has 4 N–H and O–H groups in total. The average Bonchev–Trinajstić information content (AvgIpc) is 3.16. The minimum absolute atomic E-state index is 0.0237. The van der Waals surface area contributed by atoms with Crippen molar-refractivity contribution in [2.75, 3.05) is 19.6 Å². The van der Waals surface area contributed by atoms with Crippen molar-refractivity contribution in [1.29, 1.82) is 0 Å². The molecule has 0 aliphatic carbocycles. The number of likely N-dealkylation sites (N-methyl/N-ethyl adjacent to an activating group) is 1. The lowest BCUT2D eigenvalue weighted by atomic mass is 10.0. The van der Waals surface area contributed by atoms with Gasteiger partial charge in [0.1, 0.15) is 6.04 Å². The van der Waals surface area contributed by atoms with Crippen molar-refractivity contribution in [3.8, 4) is 0 Å². The van der Waals surface area contributed by atoms with Crippen LogP contribution in [0.15, 0.2) is 41.8 Å². The Labute approximate surface area is 159 Å². The number of hydrogen-bond acceptors (Lipinski definition) is 3. The Kier molecular flexibility index (Phi) is 8.31. The number of rotatable bonds is 10. The molecule has 0 spiro atoms. The Morgan fingerprint density at radius 2 is 1.85 bits per heavy atom. The summed E-state index contributed by atoms with van der Waals surface area (Å²) in [7, 11) is 0. The van der Waals surface area contributed by atoms with Gasteiger partial charge in [0, 0.05) is 12.1 Å². The van der Waals surface area contributed by atoms with Crippen molar-refractivity contribution in [1.82, 2.24) is 10.6 Å². The second-order valence-corrected chi connectivity index (χ2v) is 7.13. The van der Waals surface area contributed by atoms with Gasteiger partial charge in [-0.25, -0.2) is 0 Å². The molecule has 0 aliphatic rings. The van der Waals surface area contributed by atoms with Gasteiger partial charge in [0.2, 0.25) is 5.91 Å². The van der Waals surface area contributed by atoms with Gasteiger partial charge in [-0.2, -0.15) is 0 Å². The highest BCUT2D eigenvalue weighted by molar-refractivity contribution is 7.10. The number of nitrogens with one attached hydrogen (secondary N) is 2. The maximum atomic E-state index is 12.1. The Bertz CT molecular complexity index is 684. The van der Waals surface area contributed by atoms with Crippen molar-refractivity contribution in [3.63, 3.8) is 0 Å². The van der Waals surface area contributed by atoms with E-state index in [1.807, 2.05) is 18.3 Å². The van der Waals surface area contributed by atoms with Crippen molar-refractivity contribution in [3.05, 3.63) is 57.8 Å². The molecular weight excluding hydrogens is 346 g/mol. The van der Waals surface area contributed by atoms with Crippen LogP contribution in [0.1, 0.15) is 42.3 Å². The standard InChI is InChI=1S/C20H27N3O2S/c1-3-6-15-8-10-16(11-9-15)20(17-7-5-12-26-17)23-14-19(25)22-13-18(24)21-4-2/h5,7-12,20,23H,3-4,6,13-14H2,1-2H3,(H,21,24)(H,22,25)/p+1/t20-/m0/s1. The molecule has 2 aromatic rings. The van der Waals surface area contributed by atoms with Crippen LogP contribution in [0.5, 0.6) is 0 Å². The predicted octanol–water partition coefficient (Wildman–Crippen LogP) is 1.61. The Morgan fingerprint density at radius 3 is 2.46 bits per heavy atom. The van der Waals surface area contributed by atoms with Crippen LogP contribution < -0.4 is 16.0 Å². The van der Waals surface area contributed by atoms with Crippen molar-refractivity contribution in [2.45, 2.75) is 32.7 Å². The number of amides is 2. The van der Waals surface area contributed by atoms with Crippen LogP contribution in [0.2, 0.25) is 0 Å². The maximum absolute atomic E-state index is 12.1. The molecule has 1 atom stereocenters. The number of thiophene rings is 1. The van der Waals surface area contributed by atoms with Crippen LogP contribution in [0.25, 0.3) is 0 Å². The fourth-order valence-electron chi connectivity index (χ4n) is 2.80. The van der Waals surface area contributed by atoms with E-state index in [1.165, 1.54) is 16.0 Å². The summed E-state index contributed by atoms with van der Waals surface area (Å²) >= 11 is 1.69. The topological polar surface area (TPSA) is 74.8 Å². The fraction of sp³-hybridized carbons (Fsp3) is 0.400. The summed E-state index contributed by atoms with van der Waals surface area (Å²) in [6.07, 6.45) is 2.21. The van der Waals surface area contributed by atoms with Crippen LogP contribution >= 0.6 is 11.3 Å². The minimum Gasteiger partial charge on any atom is -0.355 e. The van der Waals surface area contributed by atoms with Crippen molar-refractivity contribution < 1.29 is 14.9 Å². The summed E-state index contributed by atoms with van der Waals surface area (Å²) in [6.45, 7) is 4.89. The van der Waals surface area contributed by atoms with Crippen LogP contribution in [0.3, 0.4) is 0 Å². The summed E-state index contributed by atoms with van der Waals surface area (Å²) in [6, 6.07) is 12.8. The van der Waals surface area contributed by atoms with E-state index in [2.05, 4.69) is 53.3 Å². The number of carbonyl (C=O) groups is 2. The first-order valence-corrected chi connectivity index (χ1v) is 10.0. The molecule has 0 unspecified atom stereocenters. The summed E-state index contributed by atoms with van der Waals surface area (Å²) in [4.78, 5) is 24.7.